The molecule has 7 nitrogen and oxygen atoms in total. The molecule has 0 atom stereocenters. The molecule has 0 fully saturated rings. The van der Waals surface area contributed by atoms with E-state index in [1.165, 1.54) is 11.9 Å². The van der Waals surface area contributed by atoms with E-state index >= 15 is 0 Å². The molecule has 0 saturated carbocycles. The fourth-order valence-electron chi connectivity index (χ4n) is 2.44. The van der Waals surface area contributed by atoms with Crippen LogP contribution in [0.25, 0.3) is 0 Å². The van der Waals surface area contributed by atoms with Crippen LogP contribution in [0.5, 0.6) is 11.5 Å². The van der Waals surface area contributed by atoms with Gasteiger partial charge in [0.05, 0.1) is 31.8 Å². The van der Waals surface area contributed by atoms with Crippen molar-refractivity contribution in [2.24, 2.45) is 0 Å². The van der Waals surface area contributed by atoms with Crippen molar-refractivity contribution < 1.29 is 9.47 Å². The maximum Gasteiger partial charge on any atom is 0.229 e. The van der Waals surface area contributed by atoms with Crippen molar-refractivity contribution in [2.45, 2.75) is 4.90 Å². The number of rotatable bonds is 8. The molecule has 0 aliphatic carbocycles. The fraction of sp³-hybridized carbons (Fsp3) is 0.158. The average molecular weight is 418 g/mol. The Labute approximate surface area is 173 Å². The van der Waals surface area contributed by atoms with E-state index in [2.05, 4.69) is 25.3 Å². The number of para-hydroxylation sites is 1. The zero-order chi connectivity index (χ0) is 19.9. The van der Waals surface area contributed by atoms with Gasteiger partial charge in [-0.2, -0.15) is 4.98 Å². The Balaban J connectivity index is 1.89. The van der Waals surface area contributed by atoms with Crippen molar-refractivity contribution in [3.8, 4) is 11.5 Å². The van der Waals surface area contributed by atoms with Gasteiger partial charge in [0.15, 0.2) is 5.82 Å². The van der Waals surface area contributed by atoms with E-state index in [9.17, 15) is 0 Å². The van der Waals surface area contributed by atoms with Crippen molar-refractivity contribution in [1.29, 1.82) is 0 Å². The molecule has 0 radical (unpaired) electrons. The lowest BCUT2D eigenvalue weighted by Crippen LogP contribution is -2.03. The van der Waals surface area contributed by atoms with Crippen LogP contribution in [0.15, 0.2) is 53.6 Å². The smallest absolute Gasteiger partial charge is 0.229 e. The molecular formula is C19H20ClN5O2S. The minimum Gasteiger partial charge on any atom is -0.497 e. The highest BCUT2D eigenvalue weighted by atomic mass is 35.5. The van der Waals surface area contributed by atoms with E-state index in [4.69, 9.17) is 21.1 Å². The van der Waals surface area contributed by atoms with Crippen molar-refractivity contribution >= 4 is 46.7 Å². The second kappa shape index (κ2) is 9.50. The number of hydrogen-bond donors (Lipinski definition) is 3. The second-order valence-electron chi connectivity index (χ2n) is 5.51. The maximum absolute atomic E-state index is 6.30. The van der Waals surface area contributed by atoms with E-state index in [-0.39, 0.29) is 0 Å². The number of nitrogens with one attached hydrogen (secondary N) is 3. The molecule has 2 aromatic carbocycles. The summed E-state index contributed by atoms with van der Waals surface area (Å²) in [7, 11) is 5.06. The van der Waals surface area contributed by atoms with Gasteiger partial charge in [-0.15, -0.1) is 0 Å². The average Bonchev–Trinajstić information content (AvgIpc) is 2.72. The minimum absolute atomic E-state index is 0.372. The molecule has 0 saturated heterocycles. The van der Waals surface area contributed by atoms with Crippen LogP contribution in [0, 0.1) is 0 Å². The summed E-state index contributed by atoms with van der Waals surface area (Å²) >= 11 is 7.80. The molecule has 3 rings (SSSR count). The van der Waals surface area contributed by atoms with Gasteiger partial charge >= 0.3 is 0 Å². The third kappa shape index (κ3) is 4.78. The molecule has 146 valence electrons. The van der Waals surface area contributed by atoms with Gasteiger partial charge in [-0.1, -0.05) is 23.7 Å². The van der Waals surface area contributed by atoms with Gasteiger partial charge in [0.25, 0.3) is 0 Å². The van der Waals surface area contributed by atoms with Crippen molar-refractivity contribution in [2.75, 3.05) is 31.9 Å². The highest BCUT2D eigenvalue weighted by Gasteiger charge is 2.11. The Hall–Kier alpha value is -2.68. The number of anilines is 4. The standard InChI is InChI=1S/C19H20ClN5O2S/c1-21-28-17-7-5-4-6-14(17)23-18-13(20)11-22-19(25-18)24-15-10-12(26-2)8-9-16(15)27-3/h4-11,21H,1-3H3,(H2,22,23,24,25). The van der Waals surface area contributed by atoms with Crippen LogP contribution in [-0.4, -0.2) is 31.2 Å². The number of methoxy groups -OCH3 is 2. The monoisotopic (exact) mass is 417 g/mol. The van der Waals surface area contributed by atoms with Crippen molar-refractivity contribution in [3.63, 3.8) is 0 Å². The summed E-state index contributed by atoms with van der Waals surface area (Å²) in [5.74, 6) is 2.20. The zero-order valence-corrected chi connectivity index (χ0v) is 17.2. The van der Waals surface area contributed by atoms with Crippen LogP contribution in [0.3, 0.4) is 0 Å². The summed E-state index contributed by atoms with van der Waals surface area (Å²) in [5.41, 5.74) is 1.56. The molecule has 0 aliphatic rings. The molecular weight excluding hydrogens is 398 g/mol. The lowest BCUT2D eigenvalue weighted by atomic mass is 10.2. The normalized spacial score (nSPS) is 10.4. The van der Waals surface area contributed by atoms with Gasteiger partial charge in [0.1, 0.15) is 16.5 Å². The highest BCUT2D eigenvalue weighted by molar-refractivity contribution is 7.97. The number of aromatic nitrogens is 2. The van der Waals surface area contributed by atoms with Crippen LogP contribution >= 0.6 is 23.5 Å². The van der Waals surface area contributed by atoms with Crippen LogP contribution in [0.4, 0.5) is 23.1 Å². The molecule has 0 amide bonds. The van der Waals surface area contributed by atoms with Crippen molar-refractivity contribution in [1.82, 2.24) is 14.7 Å². The first-order valence-electron chi connectivity index (χ1n) is 8.36. The molecule has 3 N–H and O–H groups in total. The molecule has 0 spiro atoms. The first-order valence-corrected chi connectivity index (χ1v) is 9.55. The summed E-state index contributed by atoms with van der Waals surface area (Å²) in [6, 6.07) is 13.3. The number of nitrogens with zero attached hydrogens (tertiary/aromatic N) is 2. The van der Waals surface area contributed by atoms with E-state index in [1.54, 1.807) is 20.4 Å². The molecule has 0 unspecified atom stereocenters. The van der Waals surface area contributed by atoms with Crippen LogP contribution in [0.2, 0.25) is 5.02 Å². The number of hydrogen-bond acceptors (Lipinski definition) is 8. The summed E-state index contributed by atoms with van der Waals surface area (Å²) in [5, 5.41) is 6.82. The van der Waals surface area contributed by atoms with E-state index in [0.717, 1.165) is 10.6 Å². The largest absolute Gasteiger partial charge is 0.497 e. The lowest BCUT2D eigenvalue weighted by molar-refractivity contribution is 0.405. The molecule has 1 aromatic heterocycles. The molecule has 9 heteroatoms. The predicted octanol–water partition coefficient (Wildman–Crippen LogP) is 4.86. The number of ether oxygens (including phenoxy) is 2. The predicted molar refractivity (Wildman–Crippen MR) is 115 cm³/mol. The van der Waals surface area contributed by atoms with Gasteiger partial charge in [0, 0.05) is 11.0 Å². The first-order chi connectivity index (χ1) is 13.6. The maximum atomic E-state index is 6.30. The molecule has 0 aliphatic heterocycles. The zero-order valence-electron chi connectivity index (χ0n) is 15.6. The second-order valence-corrected chi connectivity index (χ2v) is 6.97. The Morgan fingerprint density at radius 2 is 1.82 bits per heavy atom. The lowest BCUT2D eigenvalue weighted by Gasteiger charge is -2.14. The van der Waals surface area contributed by atoms with Gasteiger partial charge in [-0.25, -0.2) is 4.98 Å². The quantitative estimate of drug-likeness (QED) is 0.448. The van der Waals surface area contributed by atoms with E-state index in [0.29, 0.717) is 34.0 Å². The SMILES string of the molecule is CNSc1ccccc1Nc1nc(Nc2cc(OC)ccc2OC)ncc1Cl. The summed E-state index contributed by atoms with van der Waals surface area (Å²) in [6.07, 6.45) is 1.54. The van der Waals surface area contributed by atoms with Gasteiger partial charge < -0.3 is 20.1 Å². The third-order valence-electron chi connectivity index (χ3n) is 3.75. The van der Waals surface area contributed by atoms with Gasteiger partial charge in [-0.05, 0) is 43.3 Å². The molecule has 0 bridgehead atoms. The number of benzene rings is 2. The van der Waals surface area contributed by atoms with Crippen LogP contribution in [-0.2, 0) is 0 Å². The van der Waals surface area contributed by atoms with Gasteiger partial charge in [0.2, 0.25) is 5.95 Å². The Morgan fingerprint density at radius 1 is 1.00 bits per heavy atom. The number of halogens is 1. The fourth-order valence-corrected chi connectivity index (χ4v) is 3.18. The van der Waals surface area contributed by atoms with Crippen LogP contribution in [0.1, 0.15) is 0 Å². The van der Waals surface area contributed by atoms with Crippen molar-refractivity contribution in [3.05, 3.63) is 53.7 Å². The van der Waals surface area contributed by atoms with E-state index < -0.39 is 0 Å². The summed E-state index contributed by atoms with van der Waals surface area (Å²) < 4.78 is 13.7. The Morgan fingerprint density at radius 3 is 2.57 bits per heavy atom. The molecule has 28 heavy (non-hydrogen) atoms. The Bertz CT molecular complexity index is 957. The molecule has 3 aromatic rings. The third-order valence-corrected chi connectivity index (χ3v) is 4.81. The highest BCUT2D eigenvalue weighted by Crippen LogP contribution is 2.33. The van der Waals surface area contributed by atoms with Crippen LogP contribution < -0.4 is 24.8 Å². The summed E-state index contributed by atoms with van der Waals surface area (Å²) in [6.45, 7) is 0. The Kier molecular flexibility index (Phi) is 6.80. The summed E-state index contributed by atoms with van der Waals surface area (Å²) in [4.78, 5) is 9.78. The topological polar surface area (TPSA) is 80.3 Å². The van der Waals surface area contributed by atoms with Gasteiger partial charge in [-0.3, -0.25) is 4.72 Å². The first kappa shape index (κ1) is 20.1. The molecule has 1 heterocycles. The minimum atomic E-state index is 0.372. The van der Waals surface area contributed by atoms with E-state index in [1.807, 2.05) is 49.5 Å².